The Labute approximate surface area is 104 Å². The van der Waals surface area contributed by atoms with E-state index in [1.165, 1.54) is 6.33 Å². The lowest BCUT2D eigenvalue weighted by molar-refractivity contribution is 1.17. The maximum Gasteiger partial charge on any atom is 0.159 e. The molecule has 88 valence electrons. The van der Waals surface area contributed by atoms with Gasteiger partial charge in [0.2, 0.25) is 0 Å². The standard InChI is InChI=1S/C13H11N5/c1-2-4-10(5-3-1)8-17-18-13-11-6-7-14-12(11)15-9-16-13/h1-9H,(H2,14,15,16,18). The molecule has 0 unspecified atom stereocenters. The molecular weight excluding hydrogens is 226 g/mol. The first kappa shape index (κ1) is 10.5. The number of benzene rings is 1. The molecule has 0 bridgehead atoms. The number of hydrazone groups is 1. The molecule has 0 amide bonds. The first-order valence-corrected chi connectivity index (χ1v) is 5.56. The number of nitrogens with one attached hydrogen (secondary N) is 2. The smallest absolute Gasteiger partial charge is 0.159 e. The van der Waals surface area contributed by atoms with Crippen molar-refractivity contribution in [2.24, 2.45) is 5.10 Å². The summed E-state index contributed by atoms with van der Waals surface area (Å²) in [5.41, 5.74) is 4.75. The largest absolute Gasteiger partial charge is 0.346 e. The zero-order chi connectivity index (χ0) is 12.2. The molecule has 0 radical (unpaired) electrons. The van der Waals surface area contributed by atoms with E-state index in [4.69, 9.17) is 0 Å². The molecule has 0 spiro atoms. The Morgan fingerprint density at radius 3 is 2.89 bits per heavy atom. The van der Waals surface area contributed by atoms with E-state index in [1.807, 2.05) is 42.6 Å². The van der Waals surface area contributed by atoms with Gasteiger partial charge in [-0.3, -0.25) is 5.43 Å². The van der Waals surface area contributed by atoms with Gasteiger partial charge in [-0.1, -0.05) is 30.3 Å². The highest BCUT2D eigenvalue weighted by atomic mass is 15.3. The van der Waals surface area contributed by atoms with Crippen LogP contribution in [0.4, 0.5) is 5.82 Å². The number of rotatable bonds is 3. The zero-order valence-corrected chi connectivity index (χ0v) is 9.54. The molecule has 0 aliphatic carbocycles. The maximum atomic E-state index is 4.16. The first-order chi connectivity index (χ1) is 8.93. The van der Waals surface area contributed by atoms with Crippen LogP contribution in [-0.4, -0.2) is 21.2 Å². The number of aromatic nitrogens is 3. The Morgan fingerprint density at radius 1 is 1.11 bits per heavy atom. The number of fused-ring (bicyclic) bond motifs is 1. The minimum absolute atomic E-state index is 0.688. The average Bonchev–Trinajstić information content (AvgIpc) is 2.89. The van der Waals surface area contributed by atoms with Crippen molar-refractivity contribution in [2.75, 3.05) is 5.43 Å². The highest BCUT2D eigenvalue weighted by molar-refractivity contribution is 5.87. The lowest BCUT2D eigenvalue weighted by Crippen LogP contribution is -1.94. The van der Waals surface area contributed by atoms with Crippen molar-refractivity contribution in [1.29, 1.82) is 0 Å². The second kappa shape index (κ2) is 4.67. The van der Waals surface area contributed by atoms with Crippen molar-refractivity contribution in [3.05, 3.63) is 54.5 Å². The van der Waals surface area contributed by atoms with Gasteiger partial charge >= 0.3 is 0 Å². The van der Waals surface area contributed by atoms with Crippen LogP contribution in [0.3, 0.4) is 0 Å². The quantitative estimate of drug-likeness (QED) is 0.543. The van der Waals surface area contributed by atoms with Gasteiger partial charge in [0.05, 0.1) is 11.6 Å². The van der Waals surface area contributed by atoms with Crippen molar-refractivity contribution < 1.29 is 0 Å². The molecule has 0 fully saturated rings. The molecule has 18 heavy (non-hydrogen) atoms. The Bertz CT molecular complexity index is 672. The van der Waals surface area contributed by atoms with Crippen molar-refractivity contribution in [2.45, 2.75) is 0 Å². The summed E-state index contributed by atoms with van der Waals surface area (Å²) in [5, 5.41) is 5.08. The zero-order valence-electron chi connectivity index (χ0n) is 9.54. The van der Waals surface area contributed by atoms with Crippen LogP contribution in [0.5, 0.6) is 0 Å². The summed E-state index contributed by atoms with van der Waals surface area (Å²) in [5.74, 6) is 0.688. The van der Waals surface area contributed by atoms with Gasteiger partial charge in [-0.05, 0) is 11.6 Å². The molecule has 2 heterocycles. The summed E-state index contributed by atoms with van der Waals surface area (Å²) in [6.45, 7) is 0. The number of hydrogen-bond donors (Lipinski definition) is 2. The minimum atomic E-state index is 0.688. The minimum Gasteiger partial charge on any atom is -0.346 e. The molecule has 3 rings (SSSR count). The van der Waals surface area contributed by atoms with Crippen molar-refractivity contribution in [1.82, 2.24) is 15.0 Å². The maximum absolute atomic E-state index is 4.16. The van der Waals surface area contributed by atoms with E-state index in [0.29, 0.717) is 5.82 Å². The van der Waals surface area contributed by atoms with E-state index in [2.05, 4.69) is 25.5 Å². The summed E-state index contributed by atoms with van der Waals surface area (Å²) in [7, 11) is 0. The Morgan fingerprint density at radius 2 is 2.00 bits per heavy atom. The molecule has 0 atom stereocenters. The van der Waals surface area contributed by atoms with Gasteiger partial charge in [0.15, 0.2) is 5.82 Å². The predicted molar refractivity (Wildman–Crippen MR) is 71.5 cm³/mol. The molecule has 2 N–H and O–H groups in total. The van der Waals surface area contributed by atoms with Gasteiger partial charge in [0.1, 0.15) is 12.0 Å². The van der Waals surface area contributed by atoms with Crippen LogP contribution in [-0.2, 0) is 0 Å². The van der Waals surface area contributed by atoms with Crippen LogP contribution in [0, 0.1) is 0 Å². The summed E-state index contributed by atoms with van der Waals surface area (Å²) < 4.78 is 0. The molecule has 1 aromatic carbocycles. The van der Waals surface area contributed by atoms with Crippen LogP contribution in [0.15, 0.2) is 54.0 Å². The SMILES string of the molecule is C(=NNc1ncnc2[nH]ccc12)c1ccccc1. The fraction of sp³-hybridized carbons (Fsp3) is 0. The lowest BCUT2D eigenvalue weighted by atomic mass is 10.2. The van der Waals surface area contributed by atoms with Gasteiger partial charge in [0, 0.05) is 6.20 Å². The second-order valence-corrected chi connectivity index (χ2v) is 3.74. The monoisotopic (exact) mass is 237 g/mol. The molecule has 0 aliphatic rings. The fourth-order valence-corrected chi connectivity index (χ4v) is 1.67. The number of anilines is 1. The van der Waals surface area contributed by atoms with E-state index < -0.39 is 0 Å². The predicted octanol–water partition coefficient (Wildman–Crippen LogP) is 2.40. The molecule has 0 saturated carbocycles. The van der Waals surface area contributed by atoms with Crippen LogP contribution in [0.25, 0.3) is 11.0 Å². The highest BCUT2D eigenvalue weighted by Gasteiger charge is 2.01. The number of aromatic amines is 1. The highest BCUT2D eigenvalue weighted by Crippen LogP contribution is 2.16. The number of hydrogen-bond acceptors (Lipinski definition) is 4. The summed E-state index contributed by atoms with van der Waals surface area (Å²) in [4.78, 5) is 11.3. The van der Waals surface area contributed by atoms with Gasteiger partial charge in [-0.25, -0.2) is 9.97 Å². The molecule has 5 nitrogen and oxygen atoms in total. The lowest BCUT2D eigenvalue weighted by Gasteiger charge is -1.99. The second-order valence-electron chi connectivity index (χ2n) is 3.74. The molecule has 5 heteroatoms. The molecule has 0 aliphatic heterocycles. The number of H-pyrrole nitrogens is 1. The van der Waals surface area contributed by atoms with Crippen molar-refractivity contribution in [3.8, 4) is 0 Å². The van der Waals surface area contributed by atoms with Crippen molar-refractivity contribution >= 4 is 23.1 Å². The summed E-state index contributed by atoms with van der Waals surface area (Å²) >= 11 is 0. The van der Waals surface area contributed by atoms with Crippen LogP contribution in [0.1, 0.15) is 5.56 Å². The third kappa shape index (κ3) is 2.06. The van der Waals surface area contributed by atoms with Gasteiger partial charge in [-0.2, -0.15) is 5.10 Å². The van der Waals surface area contributed by atoms with Crippen LogP contribution >= 0.6 is 0 Å². The Kier molecular flexibility index (Phi) is 2.71. The van der Waals surface area contributed by atoms with Gasteiger partial charge < -0.3 is 4.98 Å². The Hall–Kier alpha value is -2.69. The van der Waals surface area contributed by atoms with Gasteiger partial charge in [0.25, 0.3) is 0 Å². The van der Waals surface area contributed by atoms with Crippen LogP contribution in [0.2, 0.25) is 0 Å². The summed E-state index contributed by atoms with van der Waals surface area (Å²) in [6.07, 6.45) is 5.07. The normalized spacial score (nSPS) is 11.1. The topological polar surface area (TPSA) is 66.0 Å². The van der Waals surface area contributed by atoms with E-state index in [0.717, 1.165) is 16.6 Å². The van der Waals surface area contributed by atoms with Crippen molar-refractivity contribution in [3.63, 3.8) is 0 Å². The molecule has 0 saturated heterocycles. The van der Waals surface area contributed by atoms with E-state index in [1.54, 1.807) is 6.21 Å². The molecule has 2 aromatic heterocycles. The number of nitrogens with zero attached hydrogens (tertiary/aromatic N) is 3. The average molecular weight is 237 g/mol. The molecule has 3 aromatic rings. The third-order valence-corrected chi connectivity index (χ3v) is 2.54. The van der Waals surface area contributed by atoms with Crippen LogP contribution < -0.4 is 5.43 Å². The fourth-order valence-electron chi connectivity index (χ4n) is 1.67. The van der Waals surface area contributed by atoms with E-state index in [-0.39, 0.29) is 0 Å². The molecular formula is C13H11N5. The summed E-state index contributed by atoms with van der Waals surface area (Å²) in [6, 6.07) is 11.8. The van der Waals surface area contributed by atoms with Gasteiger partial charge in [-0.15, -0.1) is 0 Å². The van der Waals surface area contributed by atoms with E-state index in [9.17, 15) is 0 Å². The third-order valence-electron chi connectivity index (χ3n) is 2.54. The first-order valence-electron chi connectivity index (χ1n) is 5.56. The Balaban J connectivity index is 1.81. The van der Waals surface area contributed by atoms with E-state index >= 15 is 0 Å².